The van der Waals surface area contributed by atoms with Gasteiger partial charge in [0.15, 0.2) is 0 Å². The maximum Gasteiger partial charge on any atom is 0.418 e. The van der Waals surface area contributed by atoms with E-state index < -0.39 is 11.7 Å². The number of para-hydroxylation sites is 1. The molecule has 0 radical (unpaired) electrons. The van der Waals surface area contributed by atoms with Crippen molar-refractivity contribution in [2.45, 2.75) is 44.2 Å². The molecule has 1 aliphatic carbocycles. The third-order valence-electron chi connectivity index (χ3n) is 6.00. The van der Waals surface area contributed by atoms with E-state index in [1.807, 2.05) is 6.07 Å². The summed E-state index contributed by atoms with van der Waals surface area (Å²) < 4.78 is 53.0. The largest absolute Gasteiger partial charge is 0.418 e. The number of alkyl halides is 3. The molecule has 0 aliphatic heterocycles. The van der Waals surface area contributed by atoms with E-state index >= 15 is 0 Å². The molecule has 0 unspecified atom stereocenters. The minimum Gasteiger partial charge on any atom is -0.326 e. The molecule has 1 fully saturated rings. The zero-order chi connectivity index (χ0) is 22.0. The second kappa shape index (κ2) is 8.65. The van der Waals surface area contributed by atoms with Crippen LogP contribution in [0, 0.1) is 11.7 Å². The highest BCUT2D eigenvalue weighted by Gasteiger charge is 2.34. The third-order valence-corrected chi connectivity index (χ3v) is 6.00. The van der Waals surface area contributed by atoms with Crippen LogP contribution in [-0.2, 0) is 11.0 Å². The highest BCUT2D eigenvalue weighted by atomic mass is 19.4. The van der Waals surface area contributed by atoms with Gasteiger partial charge in [-0.15, -0.1) is 0 Å². The van der Waals surface area contributed by atoms with Gasteiger partial charge in [-0.2, -0.15) is 13.2 Å². The van der Waals surface area contributed by atoms with E-state index in [0.29, 0.717) is 17.5 Å². The van der Waals surface area contributed by atoms with Gasteiger partial charge in [0.25, 0.3) is 0 Å². The highest BCUT2D eigenvalue weighted by molar-refractivity contribution is 5.90. The van der Waals surface area contributed by atoms with Crippen LogP contribution in [0.4, 0.5) is 23.2 Å². The summed E-state index contributed by atoms with van der Waals surface area (Å²) in [6, 6.07) is 11.7. The number of halogens is 4. The number of rotatable bonds is 4. The fraction of sp³-hybridized carbons (Fsp3) is 0.333. The summed E-state index contributed by atoms with van der Waals surface area (Å²) in [5, 5.41) is 3.33. The van der Waals surface area contributed by atoms with Gasteiger partial charge in [-0.1, -0.05) is 12.1 Å². The maximum absolute atomic E-state index is 13.3. The molecule has 31 heavy (non-hydrogen) atoms. The van der Waals surface area contributed by atoms with Crippen LogP contribution in [0.3, 0.4) is 0 Å². The molecule has 0 saturated heterocycles. The Morgan fingerprint density at radius 3 is 2.39 bits per heavy atom. The minimum atomic E-state index is -4.44. The average Bonchev–Trinajstić information content (AvgIpc) is 2.74. The maximum atomic E-state index is 13.3. The summed E-state index contributed by atoms with van der Waals surface area (Å²) >= 11 is 0. The van der Waals surface area contributed by atoms with Crippen molar-refractivity contribution in [3.05, 3.63) is 71.7 Å². The van der Waals surface area contributed by atoms with Gasteiger partial charge in [-0.3, -0.25) is 9.78 Å². The predicted octanol–water partition coefficient (Wildman–Crippen LogP) is 6.70. The number of benzene rings is 2. The van der Waals surface area contributed by atoms with Crippen LogP contribution >= 0.6 is 0 Å². The number of nitrogens with one attached hydrogen (secondary N) is 1. The molecule has 3 aromatic rings. The quantitative estimate of drug-likeness (QED) is 0.468. The Kier molecular flexibility index (Phi) is 5.94. The molecule has 1 amide bonds. The van der Waals surface area contributed by atoms with Gasteiger partial charge >= 0.3 is 6.18 Å². The van der Waals surface area contributed by atoms with Crippen LogP contribution < -0.4 is 5.32 Å². The van der Waals surface area contributed by atoms with Crippen molar-refractivity contribution in [3.8, 4) is 0 Å². The molecule has 7 heteroatoms. The molecule has 0 bridgehead atoms. The van der Waals surface area contributed by atoms with Crippen LogP contribution in [0.5, 0.6) is 0 Å². The minimum absolute atomic E-state index is 0.00620. The number of nitrogens with zero attached hydrogens (tertiary/aromatic N) is 1. The molecular weight excluding hydrogens is 408 g/mol. The molecule has 1 aliphatic rings. The number of hydrogen-bond acceptors (Lipinski definition) is 2. The van der Waals surface area contributed by atoms with Crippen molar-refractivity contribution < 1.29 is 22.4 Å². The van der Waals surface area contributed by atoms with E-state index in [2.05, 4.69) is 10.3 Å². The van der Waals surface area contributed by atoms with E-state index in [0.717, 1.165) is 37.3 Å². The van der Waals surface area contributed by atoms with Crippen molar-refractivity contribution in [3.63, 3.8) is 0 Å². The summed E-state index contributed by atoms with van der Waals surface area (Å²) in [5.74, 6) is -0.109. The lowest BCUT2D eigenvalue weighted by molar-refractivity contribution is -0.136. The number of carbonyl (C=O) groups is 1. The van der Waals surface area contributed by atoms with Crippen LogP contribution in [0.2, 0.25) is 0 Å². The SMILES string of the molecule is O=C(C[C@H]1CC[C@@H](c2ccnc3c(C(F)(F)F)cccc32)CC1)Nc1ccc(F)cc1. The predicted molar refractivity (Wildman–Crippen MR) is 111 cm³/mol. The monoisotopic (exact) mass is 430 g/mol. The Bertz CT molecular complexity index is 1070. The lowest BCUT2D eigenvalue weighted by Gasteiger charge is -2.29. The highest BCUT2D eigenvalue weighted by Crippen LogP contribution is 2.41. The summed E-state index contributed by atoms with van der Waals surface area (Å²) in [4.78, 5) is 16.3. The fourth-order valence-corrected chi connectivity index (χ4v) is 4.47. The lowest BCUT2D eigenvalue weighted by Crippen LogP contribution is -2.20. The topological polar surface area (TPSA) is 42.0 Å². The summed E-state index contributed by atoms with van der Waals surface area (Å²) in [7, 11) is 0. The number of aromatic nitrogens is 1. The second-order valence-electron chi connectivity index (χ2n) is 8.08. The van der Waals surface area contributed by atoms with E-state index in [1.54, 1.807) is 6.07 Å². The molecule has 4 rings (SSSR count). The summed E-state index contributed by atoms with van der Waals surface area (Å²) in [6.07, 6.45) is 0.650. The second-order valence-corrected chi connectivity index (χ2v) is 8.08. The standard InChI is InChI=1S/C24H22F4N2O/c25-17-8-10-18(11-9-17)30-22(31)14-15-4-6-16(7-5-15)19-12-13-29-23-20(19)2-1-3-21(23)24(26,27)28/h1-3,8-13,15-16H,4-7,14H2,(H,30,31)/t15-,16+. The van der Waals surface area contributed by atoms with Crippen LogP contribution in [-0.4, -0.2) is 10.9 Å². The molecule has 0 atom stereocenters. The lowest BCUT2D eigenvalue weighted by atomic mass is 9.76. The molecule has 2 aromatic carbocycles. The third kappa shape index (κ3) is 4.86. The van der Waals surface area contributed by atoms with Gasteiger partial charge in [0.2, 0.25) is 5.91 Å². The summed E-state index contributed by atoms with van der Waals surface area (Å²) in [6.45, 7) is 0. The smallest absolute Gasteiger partial charge is 0.326 e. The number of pyridine rings is 1. The summed E-state index contributed by atoms with van der Waals surface area (Å²) in [5.41, 5.74) is 0.737. The van der Waals surface area contributed by atoms with Gasteiger partial charge < -0.3 is 5.32 Å². The van der Waals surface area contributed by atoms with Gasteiger partial charge in [0.05, 0.1) is 11.1 Å². The van der Waals surface area contributed by atoms with Gasteiger partial charge in [-0.25, -0.2) is 4.39 Å². The molecule has 162 valence electrons. The van der Waals surface area contributed by atoms with E-state index in [4.69, 9.17) is 0 Å². The van der Waals surface area contributed by atoms with Crippen molar-refractivity contribution in [1.29, 1.82) is 0 Å². The Labute approximate surface area is 177 Å². The first-order valence-corrected chi connectivity index (χ1v) is 10.3. The van der Waals surface area contributed by atoms with Crippen LogP contribution in [0.1, 0.15) is 49.1 Å². The Morgan fingerprint density at radius 2 is 1.71 bits per heavy atom. The molecule has 1 aromatic heterocycles. The Balaban J connectivity index is 1.41. The number of hydrogen-bond donors (Lipinski definition) is 1. The molecule has 3 nitrogen and oxygen atoms in total. The molecule has 1 saturated carbocycles. The normalized spacial score (nSPS) is 19.4. The van der Waals surface area contributed by atoms with Crippen molar-refractivity contribution in [2.75, 3.05) is 5.32 Å². The number of carbonyl (C=O) groups excluding carboxylic acids is 1. The first-order chi connectivity index (χ1) is 14.8. The van der Waals surface area contributed by atoms with Gasteiger partial charge in [-0.05, 0) is 79.5 Å². The van der Waals surface area contributed by atoms with Crippen molar-refractivity contribution >= 4 is 22.5 Å². The molecule has 1 heterocycles. The average molecular weight is 430 g/mol. The fourth-order valence-electron chi connectivity index (χ4n) is 4.47. The molecule has 0 spiro atoms. The molecule has 1 N–H and O–H groups in total. The van der Waals surface area contributed by atoms with Crippen molar-refractivity contribution in [1.82, 2.24) is 4.98 Å². The molecular formula is C24H22F4N2O. The first-order valence-electron chi connectivity index (χ1n) is 10.3. The van der Waals surface area contributed by atoms with Crippen LogP contribution in [0.15, 0.2) is 54.7 Å². The van der Waals surface area contributed by atoms with Crippen LogP contribution in [0.25, 0.3) is 10.9 Å². The first kappa shape index (κ1) is 21.3. The van der Waals surface area contributed by atoms with E-state index in [9.17, 15) is 22.4 Å². The van der Waals surface area contributed by atoms with Crippen molar-refractivity contribution in [2.24, 2.45) is 5.92 Å². The van der Waals surface area contributed by atoms with Gasteiger partial charge in [0, 0.05) is 23.7 Å². The Hall–Kier alpha value is -2.96. The zero-order valence-corrected chi connectivity index (χ0v) is 16.8. The zero-order valence-electron chi connectivity index (χ0n) is 16.8. The van der Waals surface area contributed by atoms with E-state index in [1.165, 1.54) is 36.5 Å². The van der Waals surface area contributed by atoms with E-state index in [-0.39, 0.29) is 29.1 Å². The number of fused-ring (bicyclic) bond motifs is 1. The van der Waals surface area contributed by atoms with Gasteiger partial charge in [0.1, 0.15) is 5.82 Å². The Morgan fingerprint density at radius 1 is 1.00 bits per heavy atom. The number of amides is 1. The number of anilines is 1.